The maximum Gasteiger partial charge on any atom is 0.124 e. The van der Waals surface area contributed by atoms with Gasteiger partial charge in [0.05, 0.1) is 18.1 Å². The van der Waals surface area contributed by atoms with Gasteiger partial charge in [0.1, 0.15) is 11.9 Å². The van der Waals surface area contributed by atoms with Crippen LogP contribution in [-0.4, -0.2) is 0 Å². The van der Waals surface area contributed by atoms with Gasteiger partial charge in [-0.2, -0.15) is 10.5 Å². The van der Waals surface area contributed by atoms with Crippen molar-refractivity contribution in [2.24, 2.45) is 0 Å². The van der Waals surface area contributed by atoms with Gasteiger partial charge in [-0.25, -0.2) is 4.39 Å². The van der Waals surface area contributed by atoms with Crippen molar-refractivity contribution in [3.05, 3.63) is 35.1 Å². The SMILES string of the molecule is N#CCC#Cc1ccc(F)cc1C#N. The van der Waals surface area contributed by atoms with Gasteiger partial charge in [0.2, 0.25) is 0 Å². The maximum atomic E-state index is 12.7. The molecule has 0 aromatic heterocycles. The van der Waals surface area contributed by atoms with Crippen molar-refractivity contribution in [2.75, 3.05) is 0 Å². The maximum absolute atomic E-state index is 12.7. The highest BCUT2D eigenvalue weighted by molar-refractivity contribution is 5.48. The molecule has 0 radical (unpaired) electrons. The lowest BCUT2D eigenvalue weighted by molar-refractivity contribution is 0.627. The predicted octanol–water partition coefficient (Wildman–Crippen LogP) is 1.96. The molecular formula is C11H5FN2. The van der Waals surface area contributed by atoms with Gasteiger partial charge in [-0.1, -0.05) is 11.8 Å². The third kappa shape index (κ3) is 2.34. The van der Waals surface area contributed by atoms with E-state index in [4.69, 9.17) is 10.5 Å². The van der Waals surface area contributed by atoms with Crippen molar-refractivity contribution < 1.29 is 4.39 Å². The summed E-state index contributed by atoms with van der Waals surface area (Å²) in [7, 11) is 0. The van der Waals surface area contributed by atoms with E-state index < -0.39 is 5.82 Å². The number of halogens is 1. The Morgan fingerprint density at radius 3 is 2.64 bits per heavy atom. The van der Waals surface area contributed by atoms with Crippen LogP contribution in [0.5, 0.6) is 0 Å². The first-order chi connectivity index (χ1) is 6.77. The van der Waals surface area contributed by atoms with Crippen LogP contribution in [0.3, 0.4) is 0 Å². The molecule has 0 saturated carbocycles. The van der Waals surface area contributed by atoms with Gasteiger partial charge in [-0.15, -0.1) is 0 Å². The number of nitriles is 2. The molecule has 0 bridgehead atoms. The first kappa shape index (κ1) is 9.78. The van der Waals surface area contributed by atoms with Crippen molar-refractivity contribution in [3.63, 3.8) is 0 Å². The molecule has 0 fully saturated rings. The average Bonchev–Trinajstić information content (AvgIpc) is 2.20. The van der Waals surface area contributed by atoms with E-state index in [1.807, 2.05) is 12.1 Å². The third-order valence-corrected chi connectivity index (χ3v) is 1.49. The molecule has 14 heavy (non-hydrogen) atoms. The van der Waals surface area contributed by atoms with E-state index in [0.29, 0.717) is 5.56 Å². The summed E-state index contributed by atoms with van der Waals surface area (Å²) in [5.74, 6) is 4.73. The summed E-state index contributed by atoms with van der Waals surface area (Å²) < 4.78 is 12.7. The Kier molecular flexibility index (Phi) is 3.25. The van der Waals surface area contributed by atoms with Crippen LogP contribution < -0.4 is 0 Å². The second-order valence-corrected chi connectivity index (χ2v) is 2.44. The Hall–Kier alpha value is -2.31. The van der Waals surface area contributed by atoms with E-state index in [1.165, 1.54) is 12.1 Å². The molecule has 1 rings (SSSR count). The second kappa shape index (κ2) is 4.65. The van der Waals surface area contributed by atoms with E-state index in [-0.39, 0.29) is 12.0 Å². The van der Waals surface area contributed by atoms with Gasteiger partial charge in [-0.05, 0) is 18.2 Å². The molecular weight excluding hydrogens is 179 g/mol. The highest BCUT2D eigenvalue weighted by Gasteiger charge is 1.99. The lowest BCUT2D eigenvalue weighted by atomic mass is 10.1. The summed E-state index contributed by atoms with van der Waals surface area (Å²) in [5, 5.41) is 16.9. The molecule has 0 amide bonds. The number of hydrogen-bond acceptors (Lipinski definition) is 2. The Bertz CT molecular complexity index is 481. The van der Waals surface area contributed by atoms with Gasteiger partial charge in [0.25, 0.3) is 0 Å². The van der Waals surface area contributed by atoms with Gasteiger partial charge in [0, 0.05) is 5.56 Å². The van der Waals surface area contributed by atoms with Crippen molar-refractivity contribution in [1.82, 2.24) is 0 Å². The molecule has 0 N–H and O–H groups in total. The lowest BCUT2D eigenvalue weighted by Crippen LogP contribution is -1.85. The predicted molar refractivity (Wildman–Crippen MR) is 48.2 cm³/mol. The Labute approximate surface area is 81.2 Å². The summed E-state index contributed by atoms with van der Waals surface area (Å²) >= 11 is 0. The first-order valence-electron chi connectivity index (χ1n) is 3.83. The molecule has 0 heterocycles. The van der Waals surface area contributed by atoms with Crippen molar-refractivity contribution >= 4 is 0 Å². The smallest absolute Gasteiger partial charge is 0.124 e. The third-order valence-electron chi connectivity index (χ3n) is 1.49. The molecule has 2 nitrogen and oxygen atoms in total. The van der Waals surface area contributed by atoms with Crippen LogP contribution in [0, 0.1) is 40.3 Å². The van der Waals surface area contributed by atoms with E-state index in [0.717, 1.165) is 6.07 Å². The van der Waals surface area contributed by atoms with E-state index in [2.05, 4.69) is 11.8 Å². The molecule has 1 aromatic rings. The molecule has 3 heteroatoms. The summed E-state index contributed by atoms with van der Waals surface area (Å²) in [6, 6.07) is 7.48. The molecule has 0 saturated heterocycles. The summed E-state index contributed by atoms with van der Waals surface area (Å²) in [6.07, 6.45) is 0.0994. The fraction of sp³-hybridized carbons (Fsp3) is 0.0909. The standard InChI is InChI=1S/C11H5FN2/c12-11-5-4-9(3-1-2-6-13)10(7-11)8-14/h4-5,7H,2H2. The number of nitrogens with zero attached hydrogens (tertiary/aromatic N) is 2. The van der Waals surface area contributed by atoms with Crippen LogP contribution in [0.2, 0.25) is 0 Å². The van der Waals surface area contributed by atoms with Gasteiger partial charge in [0.15, 0.2) is 0 Å². The molecule has 0 spiro atoms. The van der Waals surface area contributed by atoms with E-state index in [1.54, 1.807) is 0 Å². The van der Waals surface area contributed by atoms with Gasteiger partial charge < -0.3 is 0 Å². The summed E-state index contributed by atoms with van der Waals surface area (Å²) in [5.41, 5.74) is 0.639. The van der Waals surface area contributed by atoms with E-state index in [9.17, 15) is 4.39 Å². The summed E-state index contributed by atoms with van der Waals surface area (Å²) in [6.45, 7) is 0. The van der Waals surface area contributed by atoms with E-state index >= 15 is 0 Å². The highest BCUT2D eigenvalue weighted by atomic mass is 19.1. The Morgan fingerprint density at radius 2 is 2.00 bits per heavy atom. The number of hydrogen-bond donors (Lipinski definition) is 0. The minimum atomic E-state index is -0.465. The van der Waals surface area contributed by atoms with Crippen LogP contribution >= 0.6 is 0 Å². The molecule has 1 aromatic carbocycles. The summed E-state index contributed by atoms with van der Waals surface area (Å²) in [4.78, 5) is 0. The monoisotopic (exact) mass is 184 g/mol. The zero-order valence-electron chi connectivity index (χ0n) is 7.21. The molecule has 0 aliphatic rings. The molecule has 66 valence electrons. The first-order valence-corrected chi connectivity index (χ1v) is 3.83. The van der Waals surface area contributed by atoms with Crippen LogP contribution in [0.15, 0.2) is 18.2 Å². The van der Waals surface area contributed by atoms with Gasteiger partial charge >= 0.3 is 0 Å². The van der Waals surface area contributed by atoms with Crippen LogP contribution in [0.4, 0.5) is 4.39 Å². The molecule has 0 aliphatic heterocycles. The lowest BCUT2D eigenvalue weighted by Gasteiger charge is -1.93. The fourth-order valence-electron chi connectivity index (χ4n) is 0.897. The number of benzene rings is 1. The Balaban J connectivity index is 3.07. The molecule has 0 atom stereocenters. The highest BCUT2D eigenvalue weighted by Crippen LogP contribution is 2.08. The van der Waals surface area contributed by atoms with Crippen LogP contribution in [0.1, 0.15) is 17.5 Å². The molecule has 0 unspecified atom stereocenters. The minimum Gasteiger partial charge on any atom is -0.207 e. The van der Waals surface area contributed by atoms with Gasteiger partial charge in [-0.3, -0.25) is 0 Å². The van der Waals surface area contributed by atoms with Crippen LogP contribution in [0.25, 0.3) is 0 Å². The fourth-order valence-corrected chi connectivity index (χ4v) is 0.897. The van der Waals surface area contributed by atoms with Crippen molar-refractivity contribution in [1.29, 1.82) is 10.5 Å². The Morgan fingerprint density at radius 1 is 1.21 bits per heavy atom. The zero-order valence-corrected chi connectivity index (χ0v) is 7.21. The average molecular weight is 184 g/mol. The zero-order chi connectivity index (χ0) is 10.4. The number of rotatable bonds is 0. The normalized spacial score (nSPS) is 7.93. The molecule has 0 aliphatic carbocycles. The van der Waals surface area contributed by atoms with Crippen molar-refractivity contribution in [3.8, 4) is 24.0 Å². The topological polar surface area (TPSA) is 47.6 Å². The van der Waals surface area contributed by atoms with Crippen LogP contribution in [-0.2, 0) is 0 Å². The second-order valence-electron chi connectivity index (χ2n) is 2.44. The quantitative estimate of drug-likeness (QED) is 0.578. The minimum absolute atomic E-state index is 0.0994. The largest absolute Gasteiger partial charge is 0.207 e. The van der Waals surface area contributed by atoms with Crippen molar-refractivity contribution in [2.45, 2.75) is 6.42 Å².